The van der Waals surface area contributed by atoms with Crippen molar-refractivity contribution in [1.82, 2.24) is 14.5 Å². The number of halogens is 1. The summed E-state index contributed by atoms with van der Waals surface area (Å²) in [4.78, 5) is 0. The van der Waals surface area contributed by atoms with E-state index in [0.29, 0.717) is 0 Å². The summed E-state index contributed by atoms with van der Waals surface area (Å²) in [5, 5.41) is 4.07. The summed E-state index contributed by atoms with van der Waals surface area (Å²) in [6.45, 7) is 3.68. The number of hydrogen-bond donors (Lipinski definition) is 1. The first kappa shape index (κ1) is 13.5. The predicted molar refractivity (Wildman–Crippen MR) is 64.0 cm³/mol. The molecule has 1 heterocycles. The van der Waals surface area contributed by atoms with Crippen LogP contribution >= 0.6 is 11.6 Å². The van der Waals surface area contributed by atoms with Crippen LogP contribution in [0.25, 0.3) is 0 Å². The van der Waals surface area contributed by atoms with E-state index in [4.69, 9.17) is 11.6 Å². The molecule has 1 aromatic heterocycles. The zero-order valence-corrected chi connectivity index (χ0v) is 11.1. The number of nitrogens with one attached hydrogen (secondary N) is 1. The molecule has 0 aliphatic rings. The summed E-state index contributed by atoms with van der Waals surface area (Å²) in [6, 6.07) is -0.290. The van der Waals surface area contributed by atoms with Gasteiger partial charge >= 0.3 is 0 Å². The van der Waals surface area contributed by atoms with Gasteiger partial charge in [0.05, 0.1) is 11.9 Å². The van der Waals surface area contributed by atoms with Crippen LogP contribution in [0.15, 0.2) is 6.20 Å². The fraction of sp³-hybridized carbons (Fsp3) is 0.667. The fourth-order valence-corrected chi connectivity index (χ4v) is 3.03. The standard InChI is InChI=1S/C9H16ClN3O2S/c1-7(12-16(14,15)5-4-10)9-6-11-13(3)8(9)2/h6-7,12H,4-5H2,1-3H3. The molecule has 0 fully saturated rings. The van der Waals surface area contributed by atoms with E-state index in [-0.39, 0.29) is 17.7 Å². The van der Waals surface area contributed by atoms with Gasteiger partial charge in [0.25, 0.3) is 0 Å². The minimum Gasteiger partial charge on any atom is -0.273 e. The number of aromatic nitrogens is 2. The molecule has 92 valence electrons. The Labute approximate surface area is 101 Å². The number of alkyl halides is 1. The first-order valence-corrected chi connectivity index (χ1v) is 7.10. The van der Waals surface area contributed by atoms with E-state index in [1.807, 2.05) is 14.0 Å². The second-order valence-electron chi connectivity index (χ2n) is 3.66. The third-order valence-corrected chi connectivity index (χ3v) is 4.31. The zero-order valence-electron chi connectivity index (χ0n) is 9.57. The Kier molecular flexibility index (Phi) is 4.35. The van der Waals surface area contributed by atoms with Gasteiger partial charge in [-0.15, -0.1) is 11.6 Å². The molecule has 1 rings (SSSR count). The molecule has 7 heteroatoms. The van der Waals surface area contributed by atoms with E-state index < -0.39 is 10.0 Å². The van der Waals surface area contributed by atoms with Gasteiger partial charge in [-0.25, -0.2) is 13.1 Å². The highest BCUT2D eigenvalue weighted by molar-refractivity contribution is 7.89. The average molecular weight is 266 g/mol. The molecule has 1 N–H and O–H groups in total. The summed E-state index contributed by atoms with van der Waals surface area (Å²) in [6.07, 6.45) is 1.67. The Bertz CT molecular complexity index is 455. The average Bonchev–Trinajstić information content (AvgIpc) is 2.46. The second kappa shape index (κ2) is 5.16. The monoisotopic (exact) mass is 265 g/mol. The van der Waals surface area contributed by atoms with Gasteiger partial charge in [0.2, 0.25) is 10.0 Å². The van der Waals surface area contributed by atoms with Crippen molar-refractivity contribution in [3.8, 4) is 0 Å². The first-order chi connectivity index (χ1) is 7.37. The molecule has 1 unspecified atom stereocenters. The summed E-state index contributed by atoms with van der Waals surface area (Å²) in [5.41, 5.74) is 1.82. The van der Waals surface area contributed by atoms with Crippen molar-refractivity contribution >= 4 is 21.6 Å². The van der Waals surface area contributed by atoms with Gasteiger partial charge in [0.15, 0.2) is 0 Å². The van der Waals surface area contributed by atoms with Gasteiger partial charge < -0.3 is 0 Å². The molecule has 0 radical (unpaired) electrons. The van der Waals surface area contributed by atoms with Crippen molar-refractivity contribution in [1.29, 1.82) is 0 Å². The highest BCUT2D eigenvalue weighted by atomic mass is 35.5. The molecular weight excluding hydrogens is 250 g/mol. The Morgan fingerprint density at radius 3 is 2.69 bits per heavy atom. The van der Waals surface area contributed by atoms with Crippen LogP contribution in [0.5, 0.6) is 0 Å². The van der Waals surface area contributed by atoms with Gasteiger partial charge in [0, 0.05) is 30.2 Å². The van der Waals surface area contributed by atoms with Crippen LogP contribution in [0.3, 0.4) is 0 Å². The number of aryl methyl sites for hydroxylation is 1. The van der Waals surface area contributed by atoms with Crippen molar-refractivity contribution in [2.75, 3.05) is 11.6 Å². The smallest absolute Gasteiger partial charge is 0.213 e. The normalized spacial score (nSPS) is 14.0. The quantitative estimate of drug-likeness (QED) is 0.806. The molecule has 0 spiro atoms. The molecule has 0 saturated heterocycles. The van der Waals surface area contributed by atoms with Gasteiger partial charge in [-0.3, -0.25) is 4.68 Å². The molecular formula is C9H16ClN3O2S. The summed E-state index contributed by atoms with van der Waals surface area (Å²) >= 11 is 5.42. The third kappa shape index (κ3) is 3.20. The van der Waals surface area contributed by atoms with Crippen molar-refractivity contribution in [2.45, 2.75) is 19.9 Å². The Morgan fingerprint density at radius 1 is 1.62 bits per heavy atom. The third-order valence-electron chi connectivity index (χ3n) is 2.44. The first-order valence-electron chi connectivity index (χ1n) is 4.92. The lowest BCUT2D eigenvalue weighted by Gasteiger charge is -2.13. The van der Waals surface area contributed by atoms with Gasteiger partial charge in [-0.05, 0) is 13.8 Å². The van der Waals surface area contributed by atoms with E-state index in [0.717, 1.165) is 11.3 Å². The Morgan fingerprint density at radius 2 is 2.25 bits per heavy atom. The number of sulfonamides is 1. The van der Waals surface area contributed by atoms with Crippen LogP contribution in [0.1, 0.15) is 24.2 Å². The molecule has 16 heavy (non-hydrogen) atoms. The minimum atomic E-state index is -3.31. The number of nitrogens with zero attached hydrogens (tertiary/aromatic N) is 2. The molecule has 0 saturated carbocycles. The summed E-state index contributed by atoms with van der Waals surface area (Å²) in [5.74, 6) is 0.0201. The van der Waals surface area contributed by atoms with Crippen LogP contribution < -0.4 is 4.72 Å². The van der Waals surface area contributed by atoms with Crippen molar-refractivity contribution < 1.29 is 8.42 Å². The van der Waals surface area contributed by atoms with E-state index in [2.05, 4.69) is 9.82 Å². The van der Waals surface area contributed by atoms with E-state index in [1.54, 1.807) is 17.8 Å². The number of hydrogen-bond acceptors (Lipinski definition) is 3. The lowest BCUT2D eigenvalue weighted by Crippen LogP contribution is -2.29. The predicted octanol–water partition coefficient (Wildman–Crippen LogP) is 0.948. The molecule has 1 atom stereocenters. The maximum atomic E-state index is 11.5. The number of rotatable bonds is 5. The fourth-order valence-electron chi connectivity index (χ4n) is 1.43. The maximum absolute atomic E-state index is 11.5. The molecule has 1 aromatic rings. The van der Waals surface area contributed by atoms with Gasteiger partial charge in [0.1, 0.15) is 0 Å². The van der Waals surface area contributed by atoms with Crippen molar-refractivity contribution in [3.05, 3.63) is 17.5 Å². The van der Waals surface area contributed by atoms with Crippen molar-refractivity contribution in [2.24, 2.45) is 7.05 Å². The molecule has 0 amide bonds. The van der Waals surface area contributed by atoms with Crippen LogP contribution in [0.4, 0.5) is 0 Å². The SMILES string of the molecule is Cc1c(C(C)NS(=O)(=O)CCCl)cnn1C. The molecule has 5 nitrogen and oxygen atoms in total. The van der Waals surface area contributed by atoms with Crippen LogP contribution in [0.2, 0.25) is 0 Å². The molecule has 0 aromatic carbocycles. The van der Waals surface area contributed by atoms with Crippen molar-refractivity contribution in [3.63, 3.8) is 0 Å². The molecule has 0 bridgehead atoms. The van der Waals surface area contributed by atoms with Gasteiger partial charge in [-0.1, -0.05) is 0 Å². The second-order valence-corrected chi connectivity index (χ2v) is 5.91. The van der Waals surface area contributed by atoms with Crippen LogP contribution in [-0.4, -0.2) is 29.8 Å². The zero-order chi connectivity index (χ0) is 12.3. The van der Waals surface area contributed by atoms with Crippen LogP contribution in [0, 0.1) is 6.92 Å². The van der Waals surface area contributed by atoms with Crippen LogP contribution in [-0.2, 0) is 17.1 Å². The van der Waals surface area contributed by atoms with E-state index in [1.165, 1.54) is 0 Å². The lowest BCUT2D eigenvalue weighted by atomic mass is 10.1. The van der Waals surface area contributed by atoms with E-state index >= 15 is 0 Å². The largest absolute Gasteiger partial charge is 0.273 e. The van der Waals surface area contributed by atoms with Gasteiger partial charge in [-0.2, -0.15) is 5.10 Å². The topological polar surface area (TPSA) is 64.0 Å². The highest BCUT2D eigenvalue weighted by Crippen LogP contribution is 2.16. The molecule has 0 aliphatic heterocycles. The van der Waals surface area contributed by atoms with E-state index in [9.17, 15) is 8.42 Å². The Balaban J connectivity index is 2.80. The summed E-state index contributed by atoms with van der Waals surface area (Å²) in [7, 11) is -1.49. The maximum Gasteiger partial charge on any atom is 0.213 e. The molecule has 0 aliphatic carbocycles. The lowest BCUT2D eigenvalue weighted by molar-refractivity contribution is 0.567. The minimum absolute atomic E-state index is 0.0712. The summed E-state index contributed by atoms with van der Waals surface area (Å²) < 4.78 is 27.3. The highest BCUT2D eigenvalue weighted by Gasteiger charge is 2.18. The Hall–Kier alpha value is -0.590.